The largest absolute Gasteiger partial charge is 0.442 e. The number of amides is 4. The molecule has 0 bridgehead atoms. The monoisotopic (exact) mass is 456 g/mol. The summed E-state index contributed by atoms with van der Waals surface area (Å²) in [4.78, 5) is 54.2. The summed E-state index contributed by atoms with van der Waals surface area (Å²) in [5.74, 6) is -1.93. The molecular formula is C22H21FN4O6. The predicted molar refractivity (Wildman–Crippen MR) is 114 cm³/mol. The van der Waals surface area contributed by atoms with Crippen molar-refractivity contribution in [3.05, 3.63) is 59.4 Å². The minimum absolute atomic E-state index is 0.0596. The first-order chi connectivity index (χ1) is 15.8. The minimum Gasteiger partial charge on any atom is -0.442 e. The van der Waals surface area contributed by atoms with Gasteiger partial charge in [0.2, 0.25) is 5.91 Å². The maximum Gasteiger partial charge on any atom is 0.414 e. The summed E-state index contributed by atoms with van der Waals surface area (Å²) in [7, 11) is 0. The van der Waals surface area contributed by atoms with Crippen LogP contribution in [0.15, 0.2) is 42.5 Å². The van der Waals surface area contributed by atoms with E-state index in [0.717, 1.165) is 0 Å². The molecule has 10 nitrogen and oxygen atoms in total. The number of fused-ring (bicyclic) bond motifs is 1. The van der Waals surface area contributed by atoms with Crippen LogP contribution >= 0.6 is 0 Å². The number of halogens is 1. The molecule has 2 aromatic rings. The van der Waals surface area contributed by atoms with E-state index in [4.69, 9.17) is 9.57 Å². The van der Waals surface area contributed by atoms with Crippen LogP contribution in [-0.2, 0) is 14.4 Å². The lowest BCUT2D eigenvalue weighted by Gasteiger charge is -2.16. The fourth-order valence-electron chi connectivity index (χ4n) is 3.52. The van der Waals surface area contributed by atoms with Gasteiger partial charge in [-0.05, 0) is 30.3 Å². The Labute approximate surface area is 188 Å². The second-order valence-corrected chi connectivity index (χ2v) is 7.43. The quantitative estimate of drug-likeness (QED) is 0.460. The number of ether oxygens (including phenoxy) is 1. The summed E-state index contributed by atoms with van der Waals surface area (Å²) in [6.45, 7) is 1.77. The van der Waals surface area contributed by atoms with E-state index in [1.54, 1.807) is 30.3 Å². The third-order valence-corrected chi connectivity index (χ3v) is 5.11. The number of cyclic esters (lactones) is 1. The van der Waals surface area contributed by atoms with Crippen molar-refractivity contribution >= 4 is 35.2 Å². The van der Waals surface area contributed by atoms with Crippen molar-refractivity contribution in [2.75, 3.05) is 36.5 Å². The fraction of sp³-hybridized carbons (Fsp3) is 0.273. The first kappa shape index (κ1) is 22.2. The van der Waals surface area contributed by atoms with Gasteiger partial charge in [-0.15, -0.1) is 5.06 Å². The molecule has 2 N–H and O–H groups in total. The lowest BCUT2D eigenvalue weighted by molar-refractivity contribution is -0.119. The van der Waals surface area contributed by atoms with Gasteiger partial charge in [-0.3, -0.25) is 24.1 Å². The Kier molecular flexibility index (Phi) is 6.22. The Morgan fingerprint density at radius 3 is 2.48 bits per heavy atom. The number of carbonyl (C=O) groups is 4. The van der Waals surface area contributed by atoms with Crippen molar-refractivity contribution in [3.8, 4) is 0 Å². The Balaban J connectivity index is 1.29. The van der Waals surface area contributed by atoms with Crippen LogP contribution in [0.4, 0.5) is 20.6 Å². The number of hydroxylamine groups is 2. The summed E-state index contributed by atoms with van der Waals surface area (Å²) in [5, 5.41) is 6.10. The van der Waals surface area contributed by atoms with E-state index < -0.39 is 29.8 Å². The maximum atomic E-state index is 14.6. The van der Waals surface area contributed by atoms with E-state index in [-0.39, 0.29) is 49.0 Å². The third-order valence-electron chi connectivity index (χ3n) is 5.11. The van der Waals surface area contributed by atoms with Crippen LogP contribution in [0.5, 0.6) is 0 Å². The van der Waals surface area contributed by atoms with E-state index in [0.29, 0.717) is 10.8 Å². The molecule has 1 unspecified atom stereocenters. The van der Waals surface area contributed by atoms with Crippen molar-refractivity contribution in [3.63, 3.8) is 0 Å². The van der Waals surface area contributed by atoms with Crippen LogP contribution in [0.25, 0.3) is 0 Å². The standard InChI is InChI=1S/C22H21FN4O6/c1-13(28)25-11-15-12-26(22(31)33-15)14-6-7-19(18(23)10-14)24-8-9-32-27-20(29)16-4-2-3-5-17(16)21(27)30/h2-7,10,15,24H,8-9,11-12H2,1H3,(H,25,28). The number of nitrogens with one attached hydrogen (secondary N) is 2. The molecule has 11 heteroatoms. The molecule has 0 aliphatic carbocycles. The zero-order valence-corrected chi connectivity index (χ0v) is 17.7. The van der Waals surface area contributed by atoms with Gasteiger partial charge in [-0.2, -0.15) is 0 Å². The topological polar surface area (TPSA) is 117 Å². The number of rotatable bonds is 8. The van der Waals surface area contributed by atoms with Gasteiger partial charge < -0.3 is 15.4 Å². The van der Waals surface area contributed by atoms with E-state index in [1.807, 2.05) is 0 Å². The second kappa shape index (κ2) is 9.25. The molecular weight excluding hydrogens is 435 g/mol. The molecule has 0 spiro atoms. The zero-order valence-electron chi connectivity index (χ0n) is 17.7. The van der Waals surface area contributed by atoms with Gasteiger partial charge in [0.1, 0.15) is 11.9 Å². The number of nitrogens with zero attached hydrogens (tertiary/aromatic N) is 2. The number of hydrogen-bond donors (Lipinski definition) is 2. The van der Waals surface area contributed by atoms with Gasteiger partial charge in [-0.25, -0.2) is 9.18 Å². The number of carbonyl (C=O) groups excluding carboxylic acids is 4. The second-order valence-electron chi connectivity index (χ2n) is 7.43. The summed E-state index contributed by atoms with van der Waals surface area (Å²) >= 11 is 0. The fourth-order valence-corrected chi connectivity index (χ4v) is 3.52. The van der Waals surface area contributed by atoms with Crippen LogP contribution in [-0.4, -0.2) is 61.2 Å². The molecule has 2 aliphatic rings. The van der Waals surface area contributed by atoms with Crippen LogP contribution in [0.1, 0.15) is 27.6 Å². The van der Waals surface area contributed by atoms with E-state index in [9.17, 15) is 23.6 Å². The van der Waals surface area contributed by atoms with Gasteiger partial charge in [-0.1, -0.05) is 12.1 Å². The van der Waals surface area contributed by atoms with Gasteiger partial charge in [0.05, 0.1) is 42.2 Å². The number of imide groups is 1. The van der Waals surface area contributed by atoms with Crippen LogP contribution < -0.4 is 15.5 Å². The molecule has 2 aliphatic heterocycles. The molecule has 1 fully saturated rings. The minimum atomic E-state index is -0.625. The Hall–Kier alpha value is -3.99. The third kappa shape index (κ3) is 4.62. The highest BCUT2D eigenvalue weighted by atomic mass is 19.1. The first-order valence-corrected chi connectivity index (χ1v) is 10.2. The van der Waals surface area contributed by atoms with Crippen molar-refractivity contribution in [1.29, 1.82) is 0 Å². The van der Waals surface area contributed by atoms with Gasteiger partial charge in [0.25, 0.3) is 11.8 Å². The molecule has 33 heavy (non-hydrogen) atoms. The molecule has 2 aromatic carbocycles. The van der Waals surface area contributed by atoms with Crippen molar-refractivity contribution < 1.29 is 33.1 Å². The summed E-state index contributed by atoms with van der Waals surface area (Å²) < 4.78 is 19.7. The van der Waals surface area contributed by atoms with E-state index in [1.165, 1.54) is 24.0 Å². The molecule has 4 rings (SSSR count). The Morgan fingerprint density at radius 1 is 1.15 bits per heavy atom. The van der Waals surface area contributed by atoms with Crippen LogP contribution in [0.3, 0.4) is 0 Å². The summed E-state index contributed by atoms with van der Waals surface area (Å²) in [5.41, 5.74) is 1.02. The Morgan fingerprint density at radius 2 is 1.85 bits per heavy atom. The molecule has 1 atom stereocenters. The molecule has 2 heterocycles. The lowest BCUT2D eigenvalue weighted by atomic mass is 10.1. The molecule has 1 saturated heterocycles. The van der Waals surface area contributed by atoms with Crippen molar-refractivity contribution in [1.82, 2.24) is 10.4 Å². The van der Waals surface area contributed by atoms with Gasteiger partial charge in [0, 0.05) is 13.5 Å². The summed E-state index contributed by atoms with van der Waals surface area (Å²) in [6, 6.07) is 10.6. The normalized spacial score (nSPS) is 17.3. The first-order valence-electron chi connectivity index (χ1n) is 10.2. The number of anilines is 2. The average Bonchev–Trinajstić information content (AvgIpc) is 3.28. The molecule has 0 radical (unpaired) electrons. The Bertz CT molecular complexity index is 1090. The van der Waals surface area contributed by atoms with Gasteiger partial charge >= 0.3 is 6.09 Å². The highest BCUT2D eigenvalue weighted by molar-refractivity contribution is 6.20. The highest BCUT2D eigenvalue weighted by Gasteiger charge is 2.36. The van der Waals surface area contributed by atoms with E-state index in [2.05, 4.69) is 10.6 Å². The highest BCUT2D eigenvalue weighted by Crippen LogP contribution is 2.26. The lowest BCUT2D eigenvalue weighted by Crippen LogP contribution is -2.33. The van der Waals surface area contributed by atoms with Crippen LogP contribution in [0, 0.1) is 5.82 Å². The molecule has 0 aromatic heterocycles. The SMILES string of the molecule is CC(=O)NCC1CN(c2ccc(NCCON3C(=O)c4ccccc4C3=O)c(F)c2)C(=O)O1. The molecule has 172 valence electrons. The van der Waals surface area contributed by atoms with E-state index >= 15 is 0 Å². The maximum absolute atomic E-state index is 14.6. The van der Waals surface area contributed by atoms with Crippen molar-refractivity contribution in [2.24, 2.45) is 0 Å². The van der Waals surface area contributed by atoms with Gasteiger partial charge in [0.15, 0.2) is 0 Å². The summed E-state index contributed by atoms with van der Waals surface area (Å²) in [6.07, 6.45) is -1.15. The average molecular weight is 456 g/mol. The zero-order chi connectivity index (χ0) is 23.5. The van der Waals surface area contributed by atoms with Crippen LogP contribution in [0.2, 0.25) is 0 Å². The number of hydrogen-bond acceptors (Lipinski definition) is 7. The smallest absolute Gasteiger partial charge is 0.414 e. The molecule has 0 saturated carbocycles. The van der Waals surface area contributed by atoms with Crippen molar-refractivity contribution in [2.45, 2.75) is 13.0 Å². The number of benzene rings is 2. The molecule has 4 amide bonds. The predicted octanol–water partition coefficient (Wildman–Crippen LogP) is 1.93.